The highest BCUT2D eigenvalue weighted by Gasteiger charge is 2.53. The van der Waals surface area contributed by atoms with Gasteiger partial charge in [-0.1, -0.05) is 57.2 Å². The number of rotatable bonds is 10. The number of piperidine rings is 1. The van der Waals surface area contributed by atoms with Crippen molar-refractivity contribution in [3.05, 3.63) is 47.6 Å². The summed E-state index contributed by atoms with van der Waals surface area (Å²) in [6.07, 6.45) is 10.9. The lowest BCUT2D eigenvalue weighted by atomic mass is 9.78. The fraction of sp³-hybridized carbons (Fsp3) is 0.754. The largest absolute Gasteiger partial charge is 0.460 e. The fourth-order valence-electron chi connectivity index (χ4n) is 11.1. The van der Waals surface area contributed by atoms with Crippen molar-refractivity contribution >= 4 is 35.3 Å². The Bertz CT molecular complexity index is 2030. The van der Waals surface area contributed by atoms with Gasteiger partial charge in [0.25, 0.3) is 11.7 Å². The topological polar surface area (TPSA) is 217 Å². The van der Waals surface area contributed by atoms with Crippen molar-refractivity contribution in [3.63, 3.8) is 0 Å². The first-order chi connectivity index (χ1) is 35.8. The SMILES string of the molecule is CO[C@H]1C[C@@H]2CC[C@@H](C)[C@@](O)(O2)C(=O)C(=O)N2CCCC[C@H]2C(=O)O[C@H]([C@H](C)C[C@@H]2CC[C@@H](OC(=O)N(C)CCN3CCOCC3)[C@H](OC)C2)CC(=O)C/C=C(\C)[C@@H](O)[C@@H](OC)C(=O)[C@H](C)CC/C=C/C=CC=C1C. The van der Waals surface area contributed by atoms with Gasteiger partial charge in [-0.25, -0.2) is 9.59 Å². The van der Waals surface area contributed by atoms with Crippen molar-refractivity contribution in [2.75, 3.05) is 74.3 Å². The maximum absolute atomic E-state index is 14.5. The van der Waals surface area contributed by atoms with Crippen LogP contribution in [0.3, 0.4) is 0 Å². The third kappa shape index (κ3) is 17.4. The number of nitrogens with zero attached hydrogens (tertiary/aromatic N) is 3. The van der Waals surface area contributed by atoms with Gasteiger partial charge in [-0.05, 0) is 107 Å². The quantitative estimate of drug-likeness (QED) is 0.144. The molecule has 0 aromatic heterocycles. The van der Waals surface area contributed by atoms with Crippen molar-refractivity contribution in [2.24, 2.45) is 23.7 Å². The summed E-state index contributed by atoms with van der Waals surface area (Å²) in [5.74, 6) is -7.44. The molecule has 5 aliphatic rings. The van der Waals surface area contributed by atoms with E-state index in [2.05, 4.69) is 4.90 Å². The van der Waals surface area contributed by atoms with Crippen LogP contribution in [0.5, 0.6) is 0 Å². The summed E-state index contributed by atoms with van der Waals surface area (Å²) >= 11 is 0. The number of aliphatic hydroxyl groups is 2. The van der Waals surface area contributed by atoms with Crippen molar-refractivity contribution in [2.45, 2.75) is 179 Å². The van der Waals surface area contributed by atoms with Crippen LogP contribution in [0.15, 0.2) is 47.6 Å². The average Bonchev–Trinajstić information content (AvgIpc) is 3.41. The van der Waals surface area contributed by atoms with Crippen molar-refractivity contribution in [1.29, 1.82) is 0 Å². The van der Waals surface area contributed by atoms with Gasteiger partial charge in [0, 0.05) is 92.2 Å². The molecule has 0 aromatic carbocycles. The standard InChI is InChI=1S/C57H89N3O15/c1-37-17-13-11-10-12-14-18-38(2)50(62)52(71-9)51(63)39(3)20-23-43(61)35-48(40(4)33-42-22-25-46(49(34-42)70-8)74-56(67)58(6)27-28-59-29-31-72-32-30-59)73-55(66)45-19-15-16-26-60(45)54(65)53(64)57(68)41(5)21-24-44(75-57)36-47(37)69-7/h10-13,17,20,38,40-42,44-49,51-52,63,68H,14-16,18-19,21-36H2,1-9H3/b12-10+,13-11?,37-17?,39-20+/t38-,40-,41-,42+,44+,45+,46-,47+,48+,49-,51-,52+,57-/m1/s1. The van der Waals surface area contributed by atoms with E-state index in [1.807, 2.05) is 44.2 Å². The maximum Gasteiger partial charge on any atom is 0.409 e. The summed E-state index contributed by atoms with van der Waals surface area (Å²) in [6, 6.07) is -1.17. The monoisotopic (exact) mass is 1060 g/mol. The van der Waals surface area contributed by atoms with E-state index in [4.69, 9.17) is 33.2 Å². The smallest absolute Gasteiger partial charge is 0.409 e. The Morgan fingerprint density at radius 2 is 1.63 bits per heavy atom. The second-order valence-corrected chi connectivity index (χ2v) is 21.8. The number of cyclic esters (lactones) is 1. The highest BCUT2D eigenvalue weighted by Crippen LogP contribution is 2.38. The molecule has 0 spiro atoms. The van der Waals surface area contributed by atoms with Gasteiger partial charge in [0.05, 0.1) is 31.5 Å². The molecule has 5 rings (SSSR count). The van der Waals surface area contributed by atoms with E-state index in [1.165, 1.54) is 12.0 Å². The number of hydrogen-bond acceptors (Lipinski definition) is 16. The average molecular weight is 1060 g/mol. The third-order valence-electron chi connectivity index (χ3n) is 16.3. The molecule has 422 valence electrons. The molecule has 2 N–H and O–H groups in total. The third-order valence-corrected chi connectivity index (χ3v) is 16.3. The zero-order valence-corrected chi connectivity index (χ0v) is 46.3. The normalized spacial score (nSPS) is 34.8. The van der Waals surface area contributed by atoms with E-state index in [0.717, 1.165) is 18.7 Å². The predicted molar refractivity (Wildman–Crippen MR) is 280 cm³/mol. The van der Waals surface area contributed by atoms with Gasteiger partial charge in [-0.2, -0.15) is 0 Å². The number of carbonyl (C=O) groups excluding carboxylic acids is 6. The van der Waals surface area contributed by atoms with Crippen molar-refractivity contribution in [3.8, 4) is 0 Å². The molecule has 1 aliphatic carbocycles. The minimum absolute atomic E-state index is 0.0463. The first-order valence-electron chi connectivity index (χ1n) is 27.5. The van der Waals surface area contributed by atoms with Crippen LogP contribution in [0.4, 0.5) is 4.79 Å². The molecule has 2 amide bonds. The van der Waals surface area contributed by atoms with Gasteiger partial charge in [0.1, 0.15) is 36.2 Å². The number of allylic oxidation sites excluding steroid dienone is 6. The molecule has 18 nitrogen and oxygen atoms in total. The maximum atomic E-state index is 14.5. The van der Waals surface area contributed by atoms with Gasteiger partial charge in [-0.15, -0.1) is 0 Å². The van der Waals surface area contributed by atoms with Crippen molar-refractivity contribution in [1.82, 2.24) is 14.7 Å². The number of esters is 1. The lowest BCUT2D eigenvalue weighted by Gasteiger charge is -2.42. The minimum Gasteiger partial charge on any atom is -0.460 e. The number of ketones is 3. The van der Waals surface area contributed by atoms with Crippen LogP contribution in [0.1, 0.15) is 125 Å². The van der Waals surface area contributed by atoms with Crippen LogP contribution in [0.25, 0.3) is 0 Å². The molecule has 3 saturated heterocycles. The molecule has 0 unspecified atom stereocenters. The van der Waals surface area contributed by atoms with Crippen LogP contribution in [0, 0.1) is 23.7 Å². The molecule has 4 aliphatic heterocycles. The second-order valence-electron chi connectivity index (χ2n) is 21.8. The van der Waals surface area contributed by atoms with Gasteiger partial charge in [-0.3, -0.25) is 24.1 Å². The van der Waals surface area contributed by atoms with E-state index in [-0.39, 0.29) is 49.2 Å². The van der Waals surface area contributed by atoms with Gasteiger partial charge < -0.3 is 53.2 Å². The van der Waals surface area contributed by atoms with E-state index in [9.17, 15) is 39.0 Å². The Morgan fingerprint density at radius 1 is 0.880 bits per heavy atom. The Labute approximate surface area is 445 Å². The van der Waals surface area contributed by atoms with Crippen LogP contribution >= 0.6 is 0 Å². The molecule has 4 fully saturated rings. The summed E-state index contributed by atoms with van der Waals surface area (Å²) in [6.45, 7) is 13.2. The number of Topliss-reactive ketones (excluding diaryl/α,β-unsaturated/α-hetero) is 3. The number of morpholine rings is 1. The van der Waals surface area contributed by atoms with Crippen LogP contribution in [-0.4, -0.2) is 189 Å². The van der Waals surface area contributed by atoms with Gasteiger partial charge >= 0.3 is 12.1 Å². The number of likely N-dealkylation sites (N-methyl/N-ethyl adjacent to an activating group) is 1. The highest BCUT2D eigenvalue weighted by atomic mass is 16.6. The second kappa shape index (κ2) is 30.1. The summed E-state index contributed by atoms with van der Waals surface area (Å²) in [7, 11) is 6.26. The summed E-state index contributed by atoms with van der Waals surface area (Å²) < 4.78 is 41.2. The molecule has 0 aromatic rings. The van der Waals surface area contributed by atoms with Crippen molar-refractivity contribution < 1.29 is 72.1 Å². The first kappa shape index (κ1) is 61.7. The summed E-state index contributed by atoms with van der Waals surface area (Å²) in [5, 5.41) is 23.4. The van der Waals surface area contributed by atoms with Crippen LogP contribution in [-0.2, 0) is 57.1 Å². The molecular formula is C57H89N3O15. The molecule has 4 heterocycles. The van der Waals surface area contributed by atoms with Gasteiger partial charge in [0.2, 0.25) is 5.79 Å². The zero-order valence-electron chi connectivity index (χ0n) is 46.3. The van der Waals surface area contributed by atoms with E-state index >= 15 is 0 Å². The number of fused-ring (bicyclic) bond motifs is 3. The molecular weight excluding hydrogens is 967 g/mol. The predicted octanol–water partition coefficient (Wildman–Crippen LogP) is 6.10. The Kier molecular flexibility index (Phi) is 24.8. The molecule has 18 heteroatoms. The fourth-order valence-corrected chi connectivity index (χ4v) is 11.1. The number of ether oxygens (including phenoxy) is 7. The Balaban J connectivity index is 1.37. The molecule has 13 atom stereocenters. The Hall–Kier alpha value is -4.14. The van der Waals surface area contributed by atoms with Crippen LogP contribution < -0.4 is 0 Å². The number of aliphatic hydroxyl groups excluding tert-OH is 1. The molecule has 1 saturated carbocycles. The van der Waals surface area contributed by atoms with Gasteiger partial charge in [0.15, 0.2) is 5.78 Å². The Morgan fingerprint density at radius 3 is 2.33 bits per heavy atom. The van der Waals surface area contributed by atoms with E-state index in [1.54, 1.807) is 53.0 Å². The number of methoxy groups -OCH3 is 3. The molecule has 75 heavy (non-hydrogen) atoms. The first-order valence-corrected chi connectivity index (χ1v) is 27.5. The number of carbonyl (C=O) groups is 6. The summed E-state index contributed by atoms with van der Waals surface area (Å²) in [5.41, 5.74) is 1.25. The van der Waals surface area contributed by atoms with E-state index < -0.39 is 90.1 Å². The summed E-state index contributed by atoms with van der Waals surface area (Å²) in [4.78, 5) is 89.0. The lowest BCUT2D eigenvalue weighted by Crippen LogP contribution is -2.61. The zero-order chi connectivity index (χ0) is 54.8. The lowest BCUT2D eigenvalue weighted by molar-refractivity contribution is -0.265. The highest BCUT2D eigenvalue weighted by molar-refractivity contribution is 6.39. The number of hydrogen-bond donors (Lipinski definition) is 2. The van der Waals surface area contributed by atoms with E-state index in [0.29, 0.717) is 103 Å². The number of amides is 2. The molecule has 0 radical (unpaired) electrons. The minimum atomic E-state index is -2.45. The van der Waals surface area contributed by atoms with Crippen LogP contribution in [0.2, 0.25) is 0 Å². The molecule has 2 bridgehead atoms.